The second-order valence-electron chi connectivity index (χ2n) is 3.86. The average Bonchev–Trinajstić information content (AvgIpc) is 2.08. The van der Waals surface area contributed by atoms with Gasteiger partial charge >= 0.3 is 0 Å². The van der Waals surface area contributed by atoms with Crippen LogP contribution < -0.4 is 0 Å². The highest BCUT2D eigenvalue weighted by molar-refractivity contribution is 6.30. The van der Waals surface area contributed by atoms with Crippen LogP contribution in [0.3, 0.4) is 0 Å². The van der Waals surface area contributed by atoms with Gasteiger partial charge in [-0.3, -0.25) is 0 Å². The van der Waals surface area contributed by atoms with Gasteiger partial charge in [0.05, 0.1) is 0 Å². The minimum atomic E-state index is 0.634. The highest BCUT2D eigenvalue weighted by atomic mass is 35.5. The zero-order valence-electron chi connectivity index (χ0n) is 8.89. The lowest BCUT2D eigenvalue weighted by Gasteiger charge is -1.98. The van der Waals surface area contributed by atoms with Crippen molar-refractivity contribution in [2.45, 2.75) is 27.2 Å². The predicted molar refractivity (Wildman–Crippen MR) is 62.5 cm³/mol. The Morgan fingerprint density at radius 1 is 1.36 bits per heavy atom. The summed E-state index contributed by atoms with van der Waals surface area (Å²) in [7, 11) is 0. The molecule has 0 N–H and O–H groups in total. The minimum Gasteiger partial charge on any atom is -0.0976 e. The van der Waals surface area contributed by atoms with Gasteiger partial charge in [0.15, 0.2) is 0 Å². The fourth-order valence-electron chi connectivity index (χ4n) is 1.12. The largest absolute Gasteiger partial charge is 0.0976 e. The molecule has 0 atom stereocenters. The lowest BCUT2D eigenvalue weighted by molar-refractivity contribution is 0.676. The van der Waals surface area contributed by atoms with Crippen LogP contribution in [0, 0.1) is 24.7 Å². The lowest BCUT2D eigenvalue weighted by Crippen LogP contribution is -1.84. The molecular formula is C13H15Cl. The van der Waals surface area contributed by atoms with Crippen LogP contribution in [0.5, 0.6) is 0 Å². The molecule has 1 aromatic rings. The minimum absolute atomic E-state index is 0.634. The molecule has 0 aliphatic heterocycles. The zero-order valence-corrected chi connectivity index (χ0v) is 9.65. The fraction of sp³-hybridized carbons (Fsp3) is 0.385. The summed E-state index contributed by atoms with van der Waals surface area (Å²) >= 11 is 5.85. The number of rotatable bonds is 1. The van der Waals surface area contributed by atoms with Crippen LogP contribution in [0.25, 0.3) is 0 Å². The van der Waals surface area contributed by atoms with Crippen LogP contribution >= 0.6 is 11.6 Å². The first-order valence-corrected chi connectivity index (χ1v) is 5.22. The smallest absolute Gasteiger partial charge is 0.0409 e. The SMILES string of the molecule is Cc1cc(Cl)ccc1C#CCC(C)C. The van der Waals surface area contributed by atoms with E-state index >= 15 is 0 Å². The van der Waals surface area contributed by atoms with E-state index in [9.17, 15) is 0 Å². The van der Waals surface area contributed by atoms with E-state index in [-0.39, 0.29) is 0 Å². The molecule has 1 rings (SSSR count). The Morgan fingerprint density at radius 2 is 2.07 bits per heavy atom. The summed E-state index contributed by atoms with van der Waals surface area (Å²) in [6.45, 7) is 6.37. The summed E-state index contributed by atoms with van der Waals surface area (Å²) in [5.41, 5.74) is 2.23. The number of hydrogen-bond acceptors (Lipinski definition) is 0. The van der Waals surface area contributed by atoms with E-state index in [0.717, 1.165) is 22.6 Å². The Kier molecular flexibility index (Phi) is 4.04. The summed E-state index contributed by atoms with van der Waals surface area (Å²) in [4.78, 5) is 0. The Morgan fingerprint density at radius 3 is 2.64 bits per heavy atom. The number of hydrogen-bond donors (Lipinski definition) is 0. The Hall–Kier alpha value is -0.930. The van der Waals surface area contributed by atoms with Crippen LogP contribution in [0.4, 0.5) is 0 Å². The Labute approximate surface area is 91.3 Å². The molecule has 0 aliphatic rings. The van der Waals surface area contributed by atoms with Crippen molar-refractivity contribution in [3.8, 4) is 11.8 Å². The first kappa shape index (κ1) is 11.1. The fourth-order valence-corrected chi connectivity index (χ4v) is 1.34. The average molecular weight is 207 g/mol. The highest BCUT2D eigenvalue weighted by Crippen LogP contribution is 2.14. The molecule has 0 amide bonds. The molecule has 0 spiro atoms. The van der Waals surface area contributed by atoms with E-state index in [0.29, 0.717) is 5.92 Å². The second kappa shape index (κ2) is 5.08. The molecule has 1 heteroatoms. The molecule has 0 unspecified atom stereocenters. The first-order chi connectivity index (χ1) is 6.59. The molecule has 0 saturated carbocycles. The van der Waals surface area contributed by atoms with E-state index < -0.39 is 0 Å². The highest BCUT2D eigenvalue weighted by Gasteiger charge is 1.95. The molecule has 0 aliphatic carbocycles. The third kappa shape index (κ3) is 3.44. The Balaban J connectivity index is 2.80. The third-order valence-electron chi connectivity index (χ3n) is 1.92. The second-order valence-corrected chi connectivity index (χ2v) is 4.30. The van der Waals surface area contributed by atoms with Crippen molar-refractivity contribution in [1.29, 1.82) is 0 Å². The quantitative estimate of drug-likeness (QED) is 0.609. The summed E-state index contributed by atoms with van der Waals surface area (Å²) in [6.07, 6.45) is 0.946. The number of aryl methyl sites for hydroxylation is 1. The monoisotopic (exact) mass is 206 g/mol. The molecule has 0 fully saturated rings. The van der Waals surface area contributed by atoms with Gasteiger partial charge in [-0.15, -0.1) is 0 Å². The van der Waals surface area contributed by atoms with Crippen LogP contribution in [0.1, 0.15) is 31.4 Å². The molecule has 74 valence electrons. The van der Waals surface area contributed by atoms with Gasteiger partial charge in [0, 0.05) is 17.0 Å². The molecule has 0 nitrogen and oxygen atoms in total. The van der Waals surface area contributed by atoms with Crippen LogP contribution in [-0.4, -0.2) is 0 Å². The standard InChI is InChI=1S/C13H15Cl/c1-10(2)5-4-6-12-7-8-13(14)9-11(12)3/h7-10H,5H2,1-3H3. The summed E-state index contributed by atoms with van der Waals surface area (Å²) in [6, 6.07) is 5.81. The van der Waals surface area contributed by atoms with Crippen LogP contribution in [0.15, 0.2) is 18.2 Å². The van der Waals surface area contributed by atoms with Crippen molar-refractivity contribution in [2.75, 3.05) is 0 Å². The number of halogens is 1. The van der Waals surface area contributed by atoms with Gasteiger partial charge in [0.25, 0.3) is 0 Å². The van der Waals surface area contributed by atoms with Crippen molar-refractivity contribution >= 4 is 11.6 Å². The van der Waals surface area contributed by atoms with Crippen molar-refractivity contribution in [3.05, 3.63) is 34.3 Å². The molecule has 0 aromatic heterocycles. The van der Waals surface area contributed by atoms with E-state index in [1.54, 1.807) is 0 Å². The van der Waals surface area contributed by atoms with Crippen LogP contribution in [-0.2, 0) is 0 Å². The zero-order chi connectivity index (χ0) is 10.6. The van der Waals surface area contributed by atoms with E-state index in [4.69, 9.17) is 11.6 Å². The van der Waals surface area contributed by atoms with E-state index in [1.807, 2.05) is 25.1 Å². The van der Waals surface area contributed by atoms with Crippen molar-refractivity contribution in [1.82, 2.24) is 0 Å². The molecular weight excluding hydrogens is 192 g/mol. The normalized spacial score (nSPS) is 9.79. The predicted octanol–water partition coefficient (Wildman–Crippen LogP) is 4.05. The third-order valence-corrected chi connectivity index (χ3v) is 2.16. The van der Waals surface area contributed by atoms with Crippen molar-refractivity contribution in [2.24, 2.45) is 5.92 Å². The lowest BCUT2D eigenvalue weighted by atomic mass is 10.1. The maximum absolute atomic E-state index is 5.85. The van der Waals surface area contributed by atoms with Gasteiger partial charge in [-0.2, -0.15) is 0 Å². The maximum Gasteiger partial charge on any atom is 0.0409 e. The summed E-state index contributed by atoms with van der Waals surface area (Å²) in [5.74, 6) is 6.97. The van der Waals surface area contributed by atoms with Crippen molar-refractivity contribution < 1.29 is 0 Å². The first-order valence-electron chi connectivity index (χ1n) is 4.84. The van der Waals surface area contributed by atoms with Gasteiger partial charge in [-0.25, -0.2) is 0 Å². The van der Waals surface area contributed by atoms with Gasteiger partial charge in [-0.05, 0) is 36.6 Å². The van der Waals surface area contributed by atoms with Gasteiger partial charge in [-0.1, -0.05) is 37.3 Å². The Bertz CT molecular complexity index is 367. The van der Waals surface area contributed by atoms with Crippen molar-refractivity contribution in [3.63, 3.8) is 0 Å². The molecule has 0 heterocycles. The van der Waals surface area contributed by atoms with E-state index in [1.165, 1.54) is 0 Å². The molecule has 0 radical (unpaired) electrons. The van der Waals surface area contributed by atoms with Crippen LogP contribution in [0.2, 0.25) is 5.02 Å². The summed E-state index contributed by atoms with van der Waals surface area (Å²) in [5, 5.41) is 0.775. The van der Waals surface area contributed by atoms with Gasteiger partial charge in [0.2, 0.25) is 0 Å². The van der Waals surface area contributed by atoms with Gasteiger partial charge < -0.3 is 0 Å². The molecule has 0 saturated heterocycles. The van der Waals surface area contributed by atoms with E-state index in [2.05, 4.69) is 25.7 Å². The molecule has 1 aromatic carbocycles. The van der Waals surface area contributed by atoms with Gasteiger partial charge in [0.1, 0.15) is 0 Å². The topological polar surface area (TPSA) is 0 Å². The summed E-state index contributed by atoms with van der Waals surface area (Å²) < 4.78 is 0. The molecule has 14 heavy (non-hydrogen) atoms. The number of benzene rings is 1. The maximum atomic E-state index is 5.85. The molecule has 0 bridgehead atoms.